The zero-order valence-corrected chi connectivity index (χ0v) is 13.2. The largest absolute Gasteiger partial charge is 0.380 e. The smallest absolute Gasteiger partial charge is 0.269 e. The molecule has 1 amide bonds. The summed E-state index contributed by atoms with van der Waals surface area (Å²) in [5, 5.41) is 9.38. The van der Waals surface area contributed by atoms with E-state index >= 15 is 0 Å². The molecule has 1 fully saturated rings. The summed E-state index contributed by atoms with van der Waals surface area (Å²) in [6.07, 6.45) is 4.08. The summed E-state index contributed by atoms with van der Waals surface area (Å²) < 4.78 is 5.49. The van der Waals surface area contributed by atoms with E-state index in [9.17, 15) is 4.79 Å². The Morgan fingerprint density at radius 1 is 1.52 bits per heavy atom. The Bertz CT molecular complexity index is 660. The molecule has 2 atom stereocenters. The van der Waals surface area contributed by atoms with Crippen LogP contribution in [0.15, 0.2) is 24.7 Å². The lowest BCUT2D eigenvalue weighted by Crippen LogP contribution is -2.40. The lowest BCUT2D eigenvalue weighted by Gasteiger charge is -2.25. The fraction of sp³-hybridized carbons (Fsp3) is 0.467. The second-order valence-corrected chi connectivity index (χ2v) is 5.60. The van der Waals surface area contributed by atoms with Crippen molar-refractivity contribution in [3.05, 3.63) is 36.0 Å². The first-order valence-corrected chi connectivity index (χ1v) is 7.53. The molecule has 8 nitrogen and oxygen atoms in total. The summed E-state index contributed by atoms with van der Waals surface area (Å²) in [6, 6.07) is 3.72. The van der Waals surface area contributed by atoms with Crippen molar-refractivity contribution in [1.82, 2.24) is 25.5 Å². The minimum absolute atomic E-state index is 0.124. The Morgan fingerprint density at radius 2 is 2.39 bits per heavy atom. The highest BCUT2D eigenvalue weighted by Crippen LogP contribution is 2.25. The monoisotopic (exact) mass is 316 g/mol. The number of nitrogens with one attached hydrogen (secondary N) is 2. The molecule has 0 unspecified atom stereocenters. The van der Waals surface area contributed by atoms with Crippen molar-refractivity contribution >= 4 is 11.7 Å². The first-order chi connectivity index (χ1) is 11.2. The molecule has 2 aromatic rings. The van der Waals surface area contributed by atoms with E-state index in [1.807, 2.05) is 13.0 Å². The predicted molar refractivity (Wildman–Crippen MR) is 84.2 cm³/mol. The number of H-pyrrole nitrogens is 1. The van der Waals surface area contributed by atoms with Crippen LogP contribution < -0.4 is 10.2 Å². The number of nitrogens with zero attached hydrogens (tertiary/aromatic N) is 4. The van der Waals surface area contributed by atoms with Crippen molar-refractivity contribution in [3.8, 4) is 0 Å². The van der Waals surface area contributed by atoms with Crippen molar-refractivity contribution in [2.75, 3.05) is 25.1 Å². The first kappa shape index (κ1) is 15.4. The van der Waals surface area contributed by atoms with Gasteiger partial charge in [0.2, 0.25) is 0 Å². The van der Waals surface area contributed by atoms with Crippen molar-refractivity contribution < 1.29 is 9.53 Å². The van der Waals surface area contributed by atoms with Gasteiger partial charge in [-0.1, -0.05) is 0 Å². The van der Waals surface area contributed by atoms with Crippen LogP contribution in [-0.2, 0) is 4.74 Å². The van der Waals surface area contributed by atoms with Crippen LogP contribution in [0.3, 0.4) is 0 Å². The van der Waals surface area contributed by atoms with Gasteiger partial charge in [-0.3, -0.25) is 9.89 Å². The third-order valence-corrected chi connectivity index (χ3v) is 4.04. The quantitative estimate of drug-likeness (QED) is 0.835. The fourth-order valence-electron chi connectivity index (χ4n) is 2.80. The zero-order valence-electron chi connectivity index (χ0n) is 13.2. The molecule has 3 rings (SSSR count). The average molecular weight is 316 g/mol. The maximum Gasteiger partial charge on any atom is 0.269 e. The van der Waals surface area contributed by atoms with Gasteiger partial charge in [-0.2, -0.15) is 5.10 Å². The minimum Gasteiger partial charge on any atom is -0.380 e. The average Bonchev–Trinajstić information content (AvgIpc) is 3.22. The van der Waals surface area contributed by atoms with E-state index in [0.29, 0.717) is 12.2 Å². The van der Waals surface area contributed by atoms with Crippen LogP contribution in [0.25, 0.3) is 0 Å². The van der Waals surface area contributed by atoms with E-state index in [-0.39, 0.29) is 18.1 Å². The van der Waals surface area contributed by atoms with Gasteiger partial charge in [-0.05, 0) is 19.4 Å². The van der Waals surface area contributed by atoms with E-state index < -0.39 is 0 Å². The van der Waals surface area contributed by atoms with Gasteiger partial charge in [0.1, 0.15) is 17.8 Å². The highest BCUT2D eigenvalue weighted by atomic mass is 16.5. The van der Waals surface area contributed by atoms with Gasteiger partial charge in [-0.15, -0.1) is 0 Å². The molecule has 8 heteroatoms. The van der Waals surface area contributed by atoms with Gasteiger partial charge in [0.15, 0.2) is 0 Å². The number of hydrogen-bond acceptors (Lipinski definition) is 6. The number of anilines is 1. The maximum atomic E-state index is 12.1. The van der Waals surface area contributed by atoms with Crippen molar-refractivity contribution in [3.63, 3.8) is 0 Å². The molecule has 1 saturated heterocycles. The van der Waals surface area contributed by atoms with Gasteiger partial charge in [-0.25, -0.2) is 9.97 Å². The van der Waals surface area contributed by atoms with E-state index in [1.165, 1.54) is 0 Å². The lowest BCUT2D eigenvalue weighted by atomic mass is 10.2. The summed E-state index contributed by atoms with van der Waals surface area (Å²) in [7, 11) is 1.71. The van der Waals surface area contributed by atoms with Crippen LogP contribution in [0.2, 0.25) is 0 Å². The molecule has 2 N–H and O–H groups in total. The summed E-state index contributed by atoms with van der Waals surface area (Å²) in [4.78, 5) is 22.7. The normalized spacial score (nSPS) is 20.7. The number of rotatable bonds is 5. The van der Waals surface area contributed by atoms with Crippen molar-refractivity contribution in [2.45, 2.75) is 25.5 Å². The summed E-state index contributed by atoms with van der Waals surface area (Å²) in [5.41, 5.74) is 1.37. The van der Waals surface area contributed by atoms with Gasteiger partial charge in [0.05, 0.1) is 12.1 Å². The number of ether oxygens (including phenoxy) is 1. The number of aromatic amines is 1. The number of methoxy groups -OCH3 is 1. The van der Waals surface area contributed by atoms with Gasteiger partial charge < -0.3 is 15.0 Å². The van der Waals surface area contributed by atoms with Crippen LogP contribution >= 0.6 is 0 Å². The molecule has 23 heavy (non-hydrogen) atoms. The first-order valence-electron chi connectivity index (χ1n) is 7.53. The molecule has 0 saturated carbocycles. The fourth-order valence-corrected chi connectivity index (χ4v) is 2.80. The lowest BCUT2D eigenvalue weighted by molar-refractivity contribution is 0.0941. The zero-order chi connectivity index (χ0) is 16.2. The standard InChI is InChI=1S/C15H20N6O2/c1-10-5-14(18-9-17-10)21-8-12(23-2)6-11(21)7-16-15(22)13-3-4-19-20-13/h3-5,9,11-12H,6-8H2,1-2H3,(H,16,22)(H,19,20)/t11-,12-/m0/s1. The van der Waals surface area contributed by atoms with Crippen LogP contribution in [-0.4, -0.2) is 58.4 Å². The Hall–Kier alpha value is -2.48. The molecule has 0 bridgehead atoms. The highest BCUT2D eigenvalue weighted by molar-refractivity contribution is 5.92. The second-order valence-electron chi connectivity index (χ2n) is 5.60. The predicted octanol–water partition coefficient (Wildman–Crippen LogP) is 0.532. The molecule has 0 spiro atoms. The summed E-state index contributed by atoms with van der Waals surface area (Å²) in [5.74, 6) is 0.694. The number of amides is 1. The molecular weight excluding hydrogens is 296 g/mol. The SMILES string of the molecule is CO[C@H]1C[C@@H](CNC(=O)c2ccn[nH]2)N(c2cc(C)ncn2)C1. The number of aryl methyl sites for hydroxylation is 1. The molecule has 122 valence electrons. The Balaban J connectivity index is 1.69. The van der Waals surface area contributed by atoms with Crippen LogP contribution in [0.4, 0.5) is 5.82 Å². The van der Waals surface area contributed by atoms with Gasteiger partial charge in [0.25, 0.3) is 5.91 Å². The molecule has 3 heterocycles. The number of carbonyl (C=O) groups excluding carboxylic acids is 1. The number of hydrogen-bond donors (Lipinski definition) is 2. The third-order valence-electron chi connectivity index (χ3n) is 4.04. The summed E-state index contributed by atoms with van der Waals surface area (Å²) in [6.45, 7) is 3.20. The topological polar surface area (TPSA) is 96.0 Å². The molecule has 0 aliphatic carbocycles. The molecule has 1 aliphatic rings. The van der Waals surface area contributed by atoms with Crippen LogP contribution in [0.1, 0.15) is 22.6 Å². The maximum absolute atomic E-state index is 12.1. The van der Waals surface area contributed by atoms with E-state index in [1.54, 1.807) is 25.7 Å². The molecule has 2 aromatic heterocycles. The Kier molecular flexibility index (Phi) is 4.52. The Morgan fingerprint density at radius 3 is 3.09 bits per heavy atom. The van der Waals surface area contributed by atoms with E-state index in [2.05, 4.69) is 30.4 Å². The molecular formula is C15H20N6O2. The highest BCUT2D eigenvalue weighted by Gasteiger charge is 2.33. The number of aromatic nitrogens is 4. The van der Waals surface area contributed by atoms with Crippen molar-refractivity contribution in [2.24, 2.45) is 0 Å². The summed E-state index contributed by atoms with van der Waals surface area (Å²) >= 11 is 0. The van der Waals surface area contributed by atoms with Crippen LogP contribution in [0.5, 0.6) is 0 Å². The minimum atomic E-state index is -0.165. The second kappa shape index (κ2) is 6.74. The van der Waals surface area contributed by atoms with E-state index in [4.69, 9.17) is 4.74 Å². The molecule has 1 aliphatic heterocycles. The third kappa shape index (κ3) is 3.48. The number of carbonyl (C=O) groups is 1. The van der Waals surface area contributed by atoms with Gasteiger partial charge >= 0.3 is 0 Å². The Labute approximate surface area is 134 Å². The molecule has 0 aromatic carbocycles. The van der Waals surface area contributed by atoms with E-state index in [0.717, 1.165) is 24.5 Å². The van der Waals surface area contributed by atoms with Crippen LogP contribution in [0, 0.1) is 6.92 Å². The van der Waals surface area contributed by atoms with Gasteiger partial charge in [0, 0.05) is 38.2 Å². The molecule has 0 radical (unpaired) electrons. The van der Waals surface area contributed by atoms with Crippen molar-refractivity contribution in [1.29, 1.82) is 0 Å².